The number of urea groups is 1. The molecule has 0 radical (unpaired) electrons. The number of benzene rings is 2. The number of amides is 3. The number of carbonyl (C=O) groups excluding carboxylic acids is 3. The van der Waals surface area contributed by atoms with Gasteiger partial charge in [0.2, 0.25) is 0 Å². The van der Waals surface area contributed by atoms with Gasteiger partial charge in [0.05, 0.1) is 18.2 Å². The van der Waals surface area contributed by atoms with Gasteiger partial charge in [-0.25, -0.2) is 9.59 Å². The molecule has 214 valence electrons. The number of nitrogens with one attached hydrogen (secondary N) is 1. The number of rotatable bonds is 6. The smallest absolute Gasteiger partial charge is 0.338 e. The zero-order valence-electron chi connectivity index (χ0n) is 24.6. The van der Waals surface area contributed by atoms with Gasteiger partial charge in [-0.3, -0.25) is 14.6 Å². The lowest BCUT2D eigenvalue weighted by Gasteiger charge is -2.36. The van der Waals surface area contributed by atoms with Crippen LogP contribution in [0.15, 0.2) is 59.8 Å². The van der Waals surface area contributed by atoms with Crippen molar-refractivity contribution in [2.45, 2.75) is 52.5 Å². The van der Waals surface area contributed by atoms with Crippen molar-refractivity contribution in [3.05, 3.63) is 82.1 Å². The van der Waals surface area contributed by atoms with Crippen LogP contribution in [0.1, 0.15) is 67.2 Å². The molecule has 0 aromatic heterocycles. The highest BCUT2D eigenvalue weighted by molar-refractivity contribution is 5.95. The van der Waals surface area contributed by atoms with Gasteiger partial charge in [-0.1, -0.05) is 62.7 Å². The molecule has 3 amide bonds. The second kappa shape index (κ2) is 12.3. The summed E-state index contributed by atoms with van der Waals surface area (Å²) in [5.74, 6) is -0.401. The van der Waals surface area contributed by atoms with Crippen molar-refractivity contribution in [3.8, 4) is 0 Å². The molecule has 1 fully saturated rings. The Morgan fingerprint density at radius 2 is 1.65 bits per heavy atom. The maximum Gasteiger partial charge on any atom is 0.338 e. The fourth-order valence-corrected chi connectivity index (χ4v) is 5.25. The van der Waals surface area contributed by atoms with Gasteiger partial charge in [0, 0.05) is 51.0 Å². The molecule has 40 heavy (non-hydrogen) atoms. The Morgan fingerprint density at radius 1 is 0.975 bits per heavy atom. The molecular formula is C32H42N4O4. The number of ether oxygens (including phenoxy) is 1. The summed E-state index contributed by atoms with van der Waals surface area (Å²) < 4.78 is 5.50. The predicted molar refractivity (Wildman–Crippen MR) is 156 cm³/mol. The van der Waals surface area contributed by atoms with Gasteiger partial charge in [-0.05, 0) is 48.9 Å². The standard InChI is InChI=1S/C32H42N4O4/c1-7-40-30(38)27-26(34(6)31(39)33-28(27)23-13-15-25(16-14-23)32(3,4)5)21-35-17-8-18-36(20-19-35)29(37)24-11-9-22(2)10-12-24/h9-16,28H,7-8,17-21H2,1-6H3,(H,33,39)/t28-/m0/s1. The summed E-state index contributed by atoms with van der Waals surface area (Å²) >= 11 is 0. The largest absolute Gasteiger partial charge is 0.463 e. The molecule has 0 saturated carbocycles. The van der Waals surface area contributed by atoms with E-state index < -0.39 is 12.0 Å². The quantitative estimate of drug-likeness (QED) is 0.534. The molecule has 2 aliphatic heterocycles. The minimum absolute atomic E-state index is 0.0129. The number of nitrogens with zero attached hydrogens (tertiary/aromatic N) is 3. The van der Waals surface area contributed by atoms with Crippen molar-refractivity contribution in [1.29, 1.82) is 0 Å². The van der Waals surface area contributed by atoms with E-state index >= 15 is 0 Å². The Labute approximate surface area is 238 Å². The third-order valence-corrected chi connectivity index (χ3v) is 7.73. The molecule has 4 rings (SSSR count). The normalized spacial score (nSPS) is 18.9. The molecule has 8 nitrogen and oxygen atoms in total. The fourth-order valence-electron chi connectivity index (χ4n) is 5.25. The van der Waals surface area contributed by atoms with Gasteiger partial charge in [0.15, 0.2) is 0 Å². The van der Waals surface area contributed by atoms with Crippen LogP contribution in [-0.2, 0) is 14.9 Å². The Hall–Kier alpha value is -3.65. The van der Waals surface area contributed by atoms with E-state index in [0.717, 1.165) is 24.1 Å². The van der Waals surface area contributed by atoms with Crippen molar-refractivity contribution in [1.82, 2.24) is 20.0 Å². The van der Waals surface area contributed by atoms with Crippen molar-refractivity contribution in [3.63, 3.8) is 0 Å². The first-order valence-corrected chi connectivity index (χ1v) is 14.1. The zero-order chi connectivity index (χ0) is 29.0. The number of likely N-dealkylation sites (N-methyl/N-ethyl adjacent to an activating group) is 1. The van der Waals surface area contributed by atoms with Crippen LogP contribution >= 0.6 is 0 Å². The molecule has 0 bridgehead atoms. The number of hydrogen-bond acceptors (Lipinski definition) is 5. The van der Waals surface area contributed by atoms with Crippen LogP contribution in [0, 0.1) is 6.92 Å². The van der Waals surface area contributed by atoms with Crippen LogP contribution in [0.3, 0.4) is 0 Å². The second-order valence-corrected chi connectivity index (χ2v) is 11.7. The van der Waals surface area contributed by atoms with Crippen molar-refractivity contribution in [2.24, 2.45) is 0 Å². The van der Waals surface area contributed by atoms with Crippen LogP contribution in [-0.4, -0.2) is 79.0 Å². The van der Waals surface area contributed by atoms with Gasteiger partial charge in [0.1, 0.15) is 0 Å². The maximum atomic E-state index is 13.4. The number of aryl methyl sites for hydroxylation is 1. The number of hydrogen-bond donors (Lipinski definition) is 1. The highest BCUT2D eigenvalue weighted by Crippen LogP contribution is 2.33. The summed E-state index contributed by atoms with van der Waals surface area (Å²) in [6, 6.07) is 14.9. The van der Waals surface area contributed by atoms with Crippen LogP contribution in [0.25, 0.3) is 0 Å². The van der Waals surface area contributed by atoms with Gasteiger partial charge >= 0.3 is 12.0 Å². The number of carbonyl (C=O) groups is 3. The van der Waals surface area contributed by atoms with E-state index in [0.29, 0.717) is 43.0 Å². The lowest BCUT2D eigenvalue weighted by molar-refractivity contribution is -0.139. The van der Waals surface area contributed by atoms with Crippen LogP contribution in [0.5, 0.6) is 0 Å². The Bertz CT molecular complexity index is 1260. The molecule has 0 unspecified atom stereocenters. The average Bonchev–Trinajstić information content (AvgIpc) is 3.16. The summed E-state index contributed by atoms with van der Waals surface area (Å²) in [6.07, 6.45) is 0.799. The van der Waals surface area contributed by atoms with Gasteiger partial charge in [-0.2, -0.15) is 0 Å². The van der Waals surface area contributed by atoms with Crippen molar-refractivity contribution in [2.75, 3.05) is 46.4 Å². The number of esters is 1. The Morgan fingerprint density at radius 3 is 2.27 bits per heavy atom. The second-order valence-electron chi connectivity index (χ2n) is 11.7. The van der Waals surface area contributed by atoms with E-state index in [2.05, 4.69) is 43.1 Å². The van der Waals surface area contributed by atoms with Crippen molar-refractivity contribution >= 4 is 17.9 Å². The summed E-state index contributed by atoms with van der Waals surface area (Å²) in [5.41, 5.74) is 4.88. The first-order valence-electron chi connectivity index (χ1n) is 14.1. The molecule has 0 spiro atoms. The maximum absolute atomic E-state index is 13.4. The summed E-state index contributed by atoms with van der Waals surface area (Å²) in [4.78, 5) is 45.3. The topological polar surface area (TPSA) is 82.2 Å². The molecule has 1 saturated heterocycles. The van der Waals surface area contributed by atoms with Crippen molar-refractivity contribution < 1.29 is 19.1 Å². The van der Waals surface area contributed by atoms with E-state index in [-0.39, 0.29) is 24.0 Å². The van der Waals surface area contributed by atoms with Crippen LogP contribution < -0.4 is 5.32 Å². The van der Waals surface area contributed by atoms with E-state index in [1.807, 2.05) is 48.2 Å². The summed E-state index contributed by atoms with van der Waals surface area (Å²) in [5, 5.41) is 3.01. The van der Waals surface area contributed by atoms with Crippen LogP contribution in [0.2, 0.25) is 0 Å². The average molecular weight is 547 g/mol. The third-order valence-electron chi connectivity index (χ3n) is 7.73. The minimum atomic E-state index is -0.613. The molecule has 2 heterocycles. The monoisotopic (exact) mass is 546 g/mol. The summed E-state index contributed by atoms with van der Waals surface area (Å²) in [7, 11) is 1.69. The first kappa shape index (κ1) is 29.3. The molecule has 1 N–H and O–H groups in total. The Kier molecular flexibility index (Phi) is 8.98. The predicted octanol–water partition coefficient (Wildman–Crippen LogP) is 4.65. The van der Waals surface area contributed by atoms with Gasteiger partial charge < -0.3 is 15.0 Å². The molecule has 2 aromatic rings. The fraction of sp³-hybridized carbons (Fsp3) is 0.469. The molecular weight excluding hydrogens is 504 g/mol. The molecule has 8 heteroatoms. The van der Waals surface area contributed by atoms with E-state index in [1.165, 1.54) is 10.5 Å². The lowest BCUT2D eigenvalue weighted by atomic mass is 9.85. The van der Waals surface area contributed by atoms with E-state index in [9.17, 15) is 14.4 Å². The Balaban J connectivity index is 1.60. The van der Waals surface area contributed by atoms with E-state index in [1.54, 1.807) is 14.0 Å². The highest BCUT2D eigenvalue weighted by atomic mass is 16.5. The summed E-state index contributed by atoms with van der Waals surface area (Å²) in [6.45, 7) is 13.5. The lowest BCUT2D eigenvalue weighted by Crippen LogP contribution is -2.49. The SMILES string of the molecule is CCOC(=O)C1=C(CN2CCCN(C(=O)c3ccc(C)cc3)CC2)N(C)C(=O)N[C@H]1c1ccc(C(C)(C)C)cc1. The molecule has 1 atom stereocenters. The van der Waals surface area contributed by atoms with Crippen LogP contribution in [0.4, 0.5) is 4.79 Å². The molecule has 2 aliphatic rings. The molecule has 0 aliphatic carbocycles. The zero-order valence-corrected chi connectivity index (χ0v) is 24.6. The minimum Gasteiger partial charge on any atom is -0.463 e. The van der Waals surface area contributed by atoms with Gasteiger partial charge in [-0.15, -0.1) is 0 Å². The third kappa shape index (κ3) is 6.55. The molecule has 2 aromatic carbocycles. The first-order chi connectivity index (χ1) is 19.0. The van der Waals surface area contributed by atoms with E-state index in [4.69, 9.17) is 4.74 Å². The van der Waals surface area contributed by atoms with Gasteiger partial charge in [0.25, 0.3) is 5.91 Å². The highest BCUT2D eigenvalue weighted by Gasteiger charge is 2.37.